The van der Waals surface area contributed by atoms with Crippen LogP contribution in [0, 0.1) is 3.57 Å². The minimum absolute atomic E-state index is 0.0232. The summed E-state index contributed by atoms with van der Waals surface area (Å²) in [7, 11) is 0. The monoisotopic (exact) mass is 748 g/mol. The molecule has 41 heavy (non-hydrogen) atoms. The second-order valence-electron chi connectivity index (χ2n) is 10.5. The van der Waals surface area contributed by atoms with Crippen LogP contribution >= 0.6 is 49.9 Å². The SMILES string of the molecule is CCOC(=O)c1ccc(COc2c(I)cc(Br)cc2C=Nc2sc3c(c2C(=O)NC2CCCCC2)CCCC3)cc1. The number of benzene rings is 2. The van der Waals surface area contributed by atoms with E-state index in [1.54, 1.807) is 30.4 Å². The van der Waals surface area contributed by atoms with Crippen LogP contribution in [0.5, 0.6) is 5.75 Å². The quantitative estimate of drug-likeness (QED) is 0.135. The number of rotatable bonds is 9. The number of esters is 1. The van der Waals surface area contributed by atoms with Crippen molar-refractivity contribution in [2.75, 3.05) is 6.61 Å². The summed E-state index contributed by atoms with van der Waals surface area (Å²) in [5, 5.41) is 4.11. The molecule has 1 fully saturated rings. The van der Waals surface area contributed by atoms with Crippen LogP contribution in [-0.2, 0) is 24.2 Å². The number of thiophene rings is 1. The van der Waals surface area contributed by atoms with Crippen LogP contribution in [0.4, 0.5) is 5.00 Å². The standard InChI is InChI=1S/C32H34BrIN2O4S/c1-2-39-32(38)21-14-12-20(13-15-21)19-40-29-22(16-23(33)17-26(29)34)18-35-31-28(25-10-6-7-11-27(25)41-31)30(37)36-24-8-4-3-5-9-24/h12-18,24H,2-11,19H2,1H3,(H,36,37). The summed E-state index contributed by atoms with van der Waals surface area (Å²) in [5.41, 5.74) is 4.24. The molecule has 0 saturated heterocycles. The zero-order chi connectivity index (χ0) is 28.8. The van der Waals surface area contributed by atoms with Crippen molar-refractivity contribution in [1.29, 1.82) is 0 Å². The largest absolute Gasteiger partial charge is 0.487 e. The normalized spacial score (nSPS) is 15.5. The molecule has 1 amide bonds. The summed E-state index contributed by atoms with van der Waals surface area (Å²) in [5.74, 6) is 0.416. The molecule has 2 aromatic carbocycles. The third-order valence-corrected chi connectivity index (χ3v) is 9.99. The third-order valence-electron chi connectivity index (χ3n) is 7.53. The van der Waals surface area contributed by atoms with Crippen molar-refractivity contribution >= 4 is 72.9 Å². The molecule has 2 aliphatic rings. The van der Waals surface area contributed by atoms with Gasteiger partial charge in [0, 0.05) is 27.2 Å². The van der Waals surface area contributed by atoms with E-state index in [1.807, 2.05) is 30.5 Å². The smallest absolute Gasteiger partial charge is 0.338 e. The molecule has 1 heterocycles. The molecule has 0 unspecified atom stereocenters. The predicted octanol–water partition coefficient (Wildman–Crippen LogP) is 8.56. The number of aryl methyl sites for hydroxylation is 1. The molecule has 1 saturated carbocycles. The molecular weight excluding hydrogens is 715 g/mol. The summed E-state index contributed by atoms with van der Waals surface area (Å²) >= 11 is 7.54. The lowest BCUT2D eigenvalue weighted by Gasteiger charge is -2.23. The molecule has 0 aliphatic heterocycles. The van der Waals surface area contributed by atoms with E-state index in [4.69, 9.17) is 14.5 Å². The second-order valence-corrected chi connectivity index (χ2v) is 13.6. The molecule has 3 aromatic rings. The molecule has 6 nitrogen and oxygen atoms in total. The van der Waals surface area contributed by atoms with Crippen LogP contribution in [0.1, 0.15) is 94.2 Å². The van der Waals surface area contributed by atoms with E-state index in [-0.39, 0.29) is 17.9 Å². The summed E-state index contributed by atoms with van der Waals surface area (Å²) in [6, 6.07) is 11.5. The summed E-state index contributed by atoms with van der Waals surface area (Å²) < 4.78 is 13.2. The Kier molecular flexibility index (Phi) is 10.5. The van der Waals surface area contributed by atoms with E-state index in [0.717, 1.165) is 74.0 Å². The maximum atomic E-state index is 13.6. The molecule has 0 bridgehead atoms. The van der Waals surface area contributed by atoms with Crippen molar-refractivity contribution in [3.63, 3.8) is 0 Å². The average molecular weight is 750 g/mol. The van der Waals surface area contributed by atoms with Gasteiger partial charge in [0.05, 0.1) is 21.3 Å². The maximum absolute atomic E-state index is 13.6. The van der Waals surface area contributed by atoms with Gasteiger partial charge in [0.2, 0.25) is 0 Å². The second kappa shape index (κ2) is 14.3. The first-order chi connectivity index (χ1) is 19.9. The van der Waals surface area contributed by atoms with Crippen molar-refractivity contribution in [3.05, 3.63) is 77.1 Å². The number of halogens is 2. The number of hydrogen-bond acceptors (Lipinski definition) is 6. The van der Waals surface area contributed by atoms with Gasteiger partial charge in [-0.3, -0.25) is 4.79 Å². The summed E-state index contributed by atoms with van der Waals surface area (Å²) in [6.07, 6.45) is 11.8. The molecule has 1 aromatic heterocycles. The van der Waals surface area contributed by atoms with Gasteiger partial charge < -0.3 is 14.8 Å². The van der Waals surface area contributed by atoms with Crippen LogP contribution < -0.4 is 10.1 Å². The van der Waals surface area contributed by atoms with Crippen LogP contribution in [0.15, 0.2) is 45.9 Å². The number of fused-ring (bicyclic) bond motifs is 1. The highest BCUT2D eigenvalue weighted by atomic mass is 127. The lowest BCUT2D eigenvalue weighted by Crippen LogP contribution is -2.36. The van der Waals surface area contributed by atoms with Gasteiger partial charge in [-0.05, 0) is 103 Å². The Bertz CT molecular complexity index is 1430. The van der Waals surface area contributed by atoms with Crippen LogP contribution in [0.2, 0.25) is 0 Å². The van der Waals surface area contributed by atoms with E-state index in [2.05, 4.69) is 43.8 Å². The maximum Gasteiger partial charge on any atom is 0.338 e. The average Bonchev–Trinajstić information content (AvgIpc) is 3.35. The van der Waals surface area contributed by atoms with Crippen LogP contribution in [0.3, 0.4) is 0 Å². The van der Waals surface area contributed by atoms with Crippen LogP contribution in [0.25, 0.3) is 0 Å². The van der Waals surface area contributed by atoms with E-state index in [9.17, 15) is 9.59 Å². The number of carbonyl (C=O) groups is 2. The Balaban J connectivity index is 1.38. The number of hydrogen-bond donors (Lipinski definition) is 1. The van der Waals surface area contributed by atoms with Gasteiger partial charge in [-0.1, -0.05) is 47.3 Å². The fraction of sp³-hybridized carbons (Fsp3) is 0.406. The molecule has 5 rings (SSSR count). The van der Waals surface area contributed by atoms with E-state index < -0.39 is 0 Å². The van der Waals surface area contributed by atoms with Gasteiger partial charge in [0.1, 0.15) is 17.4 Å². The fourth-order valence-corrected chi connectivity index (χ4v) is 8.38. The van der Waals surface area contributed by atoms with Crippen molar-refractivity contribution in [1.82, 2.24) is 5.32 Å². The van der Waals surface area contributed by atoms with Gasteiger partial charge in [-0.15, -0.1) is 11.3 Å². The zero-order valence-electron chi connectivity index (χ0n) is 23.1. The lowest BCUT2D eigenvalue weighted by atomic mass is 9.93. The lowest BCUT2D eigenvalue weighted by molar-refractivity contribution is 0.0526. The molecule has 0 spiro atoms. The van der Waals surface area contributed by atoms with Crippen molar-refractivity contribution in [2.45, 2.75) is 77.4 Å². The van der Waals surface area contributed by atoms with Crippen molar-refractivity contribution < 1.29 is 19.1 Å². The van der Waals surface area contributed by atoms with Crippen molar-refractivity contribution in [3.8, 4) is 5.75 Å². The first-order valence-corrected chi connectivity index (χ1v) is 17.0. The Labute approximate surface area is 267 Å². The zero-order valence-corrected chi connectivity index (χ0v) is 27.7. The minimum atomic E-state index is -0.331. The molecular formula is C32H34BrIN2O4S. The van der Waals surface area contributed by atoms with Crippen molar-refractivity contribution in [2.24, 2.45) is 4.99 Å². The number of amides is 1. The Hall–Kier alpha value is -2.24. The third kappa shape index (κ3) is 7.59. The predicted molar refractivity (Wildman–Crippen MR) is 176 cm³/mol. The van der Waals surface area contributed by atoms with Crippen LogP contribution in [-0.4, -0.2) is 30.7 Å². The molecule has 9 heteroatoms. The topological polar surface area (TPSA) is 77.0 Å². The van der Waals surface area contributed by atoms with E-state index in [1.165, 1.54) is 29.7 Å². The molecule has 0 atom stereocenters. The van der Waals surface area contributed by atoms with E-state index >= 15 is 0 Å². The minimum Gasteiger partial charge on any atom is -0.487 e. The number of aliphatic imine (C=N–C) groups is 1. The number of ether oxygens (including phenoxy) is 2. The van der Waals surface area contributed by atoms with Gasteiger partial charge in [0.15, 0.2) is 0 Å². The Morgan fingerprint density at radius 2 is 1.85 bits per heavy atom. The van der Waals surface area contributed by atoms with Gasteiger partial charge in [-0.25, -0.2) is 9.79 Å². The molecule has 216 valence electrons. The van der Waals surface area contributed by atoms with Gasteiger partial charge >= 0.3 is 5.97 Å². The Morgan fingerprint density at radius 1 is 1.10 bits per heavy atom. The molecule has 2 aliphatic carbocycles. The van der Waals surface area contributed by atoms with Gasteiger partial charge in [-0.2, -0.15) is 0 Å². The molecule has 1 N–H and O–H groups in total. The number of nitrogens with zero attached hydrogens (tertiary/aromatic N) is 1. The summed E-state index contributed by atoms with van der Waals surface area (Å²) in [4.78, 5) is 31.8. The summed E-state index contributed by atoms with van der Waals surface area (Å²) in [6.45, 7) is 2.47. The van der Waals surface area contributed by atoms with Gasteiger partial charge in [0.25, 0.3) is 5.91 Å². The highest BCUT2D eigenvalue weighted by Gasteiger charge is 2.27. The number of nitrogens with one attached hydrogen (secondary N) is 1. The Morgan fingerprint density at radius 3 is 2.61 bits per heavy atom. The highest BCUT2D eigenvalue weighted by Crippen LogP contribution is 2.40. The fourth-order valence-electron chi connectivity index (χ4n) is 5.44. The highest BCUT2D eigenvalue weighted by molar-refractivity contribution is 14.1. The first-order valence-electron chi connectivity index (χ1n) is 14.3. The molecule has 0 radical (unpaired) electrons. The first kappa shape index (κ1) is 30.2. The van der Waals surface area contributed by atoms with E-state index in [0.29, 0.717) is 18.8 Å². The number of carbonyl (C=O) groups excluding carboxylic acids is 2.